The van der Waals surface area contributed by atoms with E-state index in [1.165, 1.54) is 17.4 Å². The Balaban J connectivity index is 1.58. The van der Waals surface area contributed by atoms with Crippen LogP contribution in [-0.2, 0) is 12.1 Å². The first kappa shape index (κ1) is 21.7. The number of rotatable bonds is 5. The van der Waals surface area contributed by atoms with Crippen LogP contribution in [0.5, 0.6) is 0 Å². The summed E-state index contributed by atoms with van der Waals surface area (Å²) in [5, 5.41) is 11.8. The van der Waals surface area contributed by atoms with Gasteiger partial charge in [0.2, 0.25) is 0 Å². The minimum absolute atomic E-state index is 0.0355. The molecule has 4 rings (SSSR count). The fourth-order valence-corrected chi connectivity index (χ4v) is 3.54. The van der Waals surface area contributed by atoms with Crippen LogP contribution in [0.4, 0.5) is 27.6 Å². The van der Waals surface area contributed by atoms with Crippen molar-refractivity contribution < 1.29 is 31.3 Å². The second kappa shape index (κ2) is 7.86. The predicted octanol–water partition coefficient (Wildman–Crippen LogP) is 5.97. The van der Waals surface area contributed by atoms with Crippen LogP contribution in [0, 0.1) is 0 Å². The number of hydrogen-bond acceptors (Lipinski definition) is 5. The van der Waals surface area contributed by atoms with Gasteiger partial charge in [-0.15, -0.1) is 11.3 Å². The molecule has 166 valence electrons. The number of thiophene rings is 1. The molecule has 1 amide bonds. The van der Waals surface area contributed by atoms with E-state index in [0.29, 0.717) is 18.8 Å². The van der Waals surface area contributed by atoms with Crippen LogP contribution in [0.15, 0.2) is 58.7 Å². The van der Waals surface area contributed by atoms with Crippen LogP contribution in [0.1, 0.15) is 28.5 Å². The molecule has 0 aliphatic rings. The van der Waals surface area contributed by atoms with Crippen LogP contribution >= 0.6 is 11.3 Å². The molecule has 0 unspecified atom stereocenters. The Morgan fingerprint density at radius 3 is 2.59 bits per heavy atom. The van der Waals surface area contributed by atoms with E-state index in [1.54, 1.807) is 12.1 Å². The van der Waals surface area contributed by atoms with E-state index in [4.69, 9.17) is 4.52 Å². The fraction of sp³-hybridized carbons (Fsp3) is 0.150. The second-order valence-corrected chi connectivity index (χ2v) is 7.75. The zero-order valence-corrected chi connectivity index (χ0v) is 17.0. The molecule has 0 bridgehead atoms. The molecule has 0 saturated carbocycles. The van der Waals surface area contributed by atoms with Crippen LogP contribution in [0.2, 0.25) is 0 Å². The number of aromatic nitrogens is 3. The Labute approximate surface area is 181 Å². The van der Waals surface area contributed by atoms with Crippen molar-refractivity contribution in [3.05, 3.63) is 71.0 Å². The molecule has 1 N–H and O–H groups in total. The van der Waals surface area contributed by atoms with Crippen molar-refractivity contribution >= 4 is 22.9 Å². The minimum atomic E-state index is -4.90. The predicted molar refractivity (Wildman–Crippen MR) is 106 cm³/mol. The van der Waals surface area contributed by atoms with Crippen LogP contribution in [0.25, 0.3) is 16.3 Å². The highest BCUT2D eigenvalue weighted by atomic mass is 32.1. The SMILES string of the molecule is CC(F)(F)c1ccc(-n2cc(NC(=O)c3cc(-c4cccs4)on3)cn2)c(C(F)(F)F)c1. The van der Waals surface area contributed by atoms with Crippen molar-refractivity contribution in [3.63, 3.8) is 0 Å². The van der Waals surface area contributed by atoms with Crippen molar-refractivity contribution in [2.75, 3.05) is 5.32 Å². The molecule has 3 heterocycles. The van der Waals surface area contributed by atoms with Gasteiger partial charge in [-0.1, -0.05) is 17.3 Å². The van der Waals surface area contributed by atoms with Crippen molar-refractivity contribution in [1.29, 1.82) is 0 Å². The van der Waals surface area contributed by atoms with E-state index in [-0.39, 0.29) is 11.4 Å². The summed E-state index contributed by atoms with van der Waals surface area (Å²) in [6.45, 7) is 0.511. The molecular weight excluding hydrogens is 455 g/mol. The van der Waals surface area contributed by atoms with Gasteiger partial charge in [0.1, 0.15) is 0 Å². The van der Waals surface area contributed by atoms with Gasteiger partial charge < -0.3 is 9.84 Å². The highest BCUT2D eigenvalue weighted by molar-refractivity contribution is 7.13. The van der Waals surface area contributed by atoms with Gasteiger partial charge in [0.05, 0.1) is 34.2 Å². The van der Waals surface area contributed by atoms with E-state index in [0.717, 1.165) is 34.1 Å². The number of alkyl halides is 5. The number of anilines is 1. The van der Waals surface area contributed by atoms with Crippen LogP contribution in [-0.4, -0.2) is 20.8 Å². The summed E-state index contributed by atoms with van der Waals surface area (Å²) < 4.78 is 73.4. The number of carbonyl (C=O) groups is 1. The number of benzene rings is 1. The molecule has 32 heavy (non-hydrogen) atoms. The highest BCUT2D eigenvalue weighted by Gasteiger charge is 2.37. The van der Waals surface area contributed by atoms with Crippen LogP contribution < -0.4 is 5.32 Å². The molecule has 3 aromatic heterocycles. The number of nitrogens with one attached hydrogen (secondary N) is 1. The summed E-state index contributed by atoms with van der Waals surface area (Å²) in [6, 6.07) is 7.20. The van der Waals surface area contributed by atoms with Gasteiger partial charge in [-0.25, -0.2) is 13.5 Å². The van der Waals surface area contributed by atoms with Gasteiger partial charge in [-0.3, -0.25) is 4.79 Å². The maximum Gasteiger partial charge on any atom is 0.418 e. The first-order valence-corrected chi connectivity index (χ1v) is 9.87. The van der Waals surface area contributed by atoms with E-state index >= 15 is 0 Å². The fourth-order valence-electron chi connectivity index (χ4n) is 2.87. The molecule has 0 aliphatic carbocycles. The molecular formula is C20H13F5N4O2S. The maximum absolute atomic E-state index is 13.5. The van der Waals surface area contributed by atoms with E-state index in [1.807, 2.05) is 5.38 Å². The molecule has 0 fully saturated rings. The molecule has 0 saturated heterocycles. The van der Waals surface area contributed by atoms with Gasteiger partial charge >= 0.3 is 6.18 Å². The normalized spacial score (nSPS) is 12.2. The van der Waals surface area contributed by atoms with Crippen LogP contribution in [0.3, 0.4) is 0 Å². The zero-order valence-electron chi connectivity index (χ0n) is 16.2. The Morgan fingerprint density at radius 2 is 1.94 bits per heavy atom. The third kappa shape index (κ3) is 4.40. The summed E-state index contributed by atoms with van der Waals surface area (Å²) in [5.74, 6) is -3.71. The first-order chi connectivity index (χ1) is 15.0. The quantitative estimate of drug-likeness (QED) is 0.366. The summed E-state index contributed by atoms with van der Waals surface area (Å²) >= 11 is 1.39. The lowest BCUT2D eigenvalue weighted by molar-refractivity contribution is -0.137. The summed E-state index contributed by atoms with van der Waals surface area (Å²) in [7, 11) is 0. The molecule has 12 heteroatoms. The Hall–Kier alpha value is -3.54. The maximum atomic E-state index is 13.5. The number of carbonyl (C=O) groups excluding carboxylic acids is 1. The Morgan fingerprint density at radius 1 is 1.16 bits per heavy atom. The third-order valence-corrected chi connectivity index (χ3v) is 5.29. The van der Waals surface area contributed by atoms with Crippen molar-refractivity contribution in [2.45, 2.75) is 19.0 Å². The van der Waals surface area contributed by atoms with Gasteiger partial charge in [0, 0.05) is 18.6 Å². The number of nitrogens with zero attached hydrogens (tertiary/aromatic N) is 3. The largest absolute Gasteiger partial charge is 0.418 e. The zero-order chi connectivity index (χ0) is 23.1. The molecule has 0 radical (unpaired) electrons. The van der Waals surface area contributed by atoms with Gasteiger partial charge in [-0.2, -0.15) is 18.3 Å². The smallest absolute Gasteiger partial charge is 0.355 e. The molecule has 1 aromatic carbocycles. The minimum Gasteiger partial charge on any atom is -0.355 e. The molecule has 4 aromatic rings. The lowest BCUT2D eigenvalue weighted by Crippen LogP contribution is -2.15. The van der Waals surface area contributed by atoms with Gasteiger partial charge in [0.25, 0.3) is 11.8 Å². The number of amides is 1. The topological polar surface area (TPSA) is 73.0 Å². The summed E-state index contributed by atoms with van der Waals surface area (Å²) in [5.41, 5.74) is -2.48. The third-order valence-electron chi connectivity index (χ3n) is 4.40. The Bertz CT molecular complexity index is 1260. The van der Waals surface area contributed by atoms with Crippen molar-refractivity contribution in [3.8, 4) is 16.3 Å². The number of halogens is 5. The first-order valence-electron chi connectivity index (χ1n) is 8.99. The number of hydrogen-bond donors (Lipinski definition) is 1. The molecule has 6 nitrogen and oxygen atoms in total. The van der Waals surface area contributed by atoms with Crippen molar-refractivity contribution in [1.82, 2.24) is 14.9 Å². The second-order valence-electron chi connectivity index (χ2n) is 6.80. The molecule has 0 spiro atoms. The monoisotopic (exact) mass is 468 g/mol. The van der Waals surface area contributed by atoms with Gasteiger partial charge in [0.15, 0.2) is 11.5 Å². The lowest BCUT2D eigenvalue weighted by atomic mass is 10.0. The van der Waals surface area contributed by atoms with E-state index in [9.17, 15) is 26.7 Å². The standard InChI is InChI=1S/C20H13F5N4O2S/c1-19(21,22)11-4-5-15(13(7-11)20(23,24)25)29-10-12(9-26-29)27-18(30)14-8-16(31-28-14)17-3-2-6-32-17/h2-10H,1H3,(H,27,30). The highest BCUT2D eigenvalue weighted by Crippen LogP contribution is 2.38. The summed E-state index contributed by atoms with van der Waals surface area (Å²) in [4.78, 5) is 13.2. The summed E-state index contributed by atoms with van der Waals surface area (Å²) in [6.07, 6.45) is -2.64. The van der Waals surface area contributed by atoms with E-state index in [2.05, 4.69) is 15.6 Å². The average molecular weight is 468 g/mol. The lowest BCUT2D eigenvalue weighted by Gasteiger charge is -2.17. The molecule has 0 atom stereocenters. The average Bonchev–Trinajstić information content (AvgIpc) is 3.46. The van der Waals surface area contributed by atoms with E-state index < -0.39 is 34.8 Å². The Kier molecular flexibility index (Phi) is 5.33. The van der Waals surface area contributed by atoms with Gasteiger partial charge in [-0.05, 0) is 23.6 Å². The van der Waals surface area contributed by atoms with Crippen molar-refractivity contribution in [2.24, 2.45) is 0 Å². The molecule has 0 aliphatic heterocycles.